The van der Waals surface area contributed by atoms with Gasteiger partial charge in [-0.15, -0.1) is 5.10 Å². The van der Waals surface area contributed by atoms with Crippen LogP contribution in [0.3, 0.4) is 0 Å². The molecule has 0 saturated carbocycles. The fourth-order valence-electron chi connectivity index (χ4n) is 2.87. The van der Waals surface area contributed by atoms with Crippen molar-refractivity contribution >= 4 is 11.6 Å². The van der Waals surface area contributed by atoms with Gasteiger partial charge in [0.25, 0.3) is 0 Å². The molecule has 0 saturated heterocycles. The minimum Gasteiger partial charge on any atom is -0.326 e. The summed E-state index contributed by atoms with van der Waals surface area (Å²) in [6, 6.07) is 11.6. The molecular weight excluding hydrogens is 314 g/mol. The Bertz CT molecular complexity index is 840. The number of anilines is 1. The Labute approximate surface area is 146 Å². The summed E-state index contributed by atoms with van der Waals surface area (Å²) in [5.41, 5.74) is 3.62. The monoisotopic (exact) mass is 335 g/mol. The molecule has 1 amide bonds. The molecule has 2 aromatic heterocycles. The Morgan fingerprint density at radius 2 is 1.92 bits per heavy atom. The number of carbonyl (C=O) groups is 1. The summed E-state index contributed by atoms with van der Waals surface area (Å²) in [7, 11) is 0. The van der Waals surface area contributed by atoms with Gasteiger partial charge in [-0.3, -0.25) is 9.78 Å². The van der Waals surface area contributed by atoms with Crippen molar-refractivity contribution in [3.8, 4) is 11.3 Å². The van der Waals surface area contributed by atoms with Crippen LogP contribution in [0, 0.1) is 5.92 Å². The molecule has 6 nitrogen and oxygen atoms in total. The minimum atomic E-state index is -0.0880. The first-order valence-electron chi connectivity index (χ1n) is 8.24. The van der Waals surface area contributed by atoms with Crippen LogP contribution in [0.15, 0.2) is 55.0 Å². The number of rotatable bonds is 5. The lowest BCUT2D eigenvalue weighted by atomic mass is 9.98. The molecule has 1 atom stereocenters. The van der Waals surface area contributed by atoms with E-state index in [4.69, 9.17) is 0 Å². The highest BCUT2D eigenvalue weighted by atomic mass is 16.1. The van der Waals surface area contributed by atoms with Gasteiger partial charge in [-0.1, -0.05) is 37.3 Å². The van der Waals surface area contributed by atoms with Crippen LogP contribution in [0.4, 0.5) is 5.69 Å². The second-order valence-electron chi connectivity index (χ2n) is 6.32. The summed E-state index contributed by atoms with van der Waals surface area (Å²) in [4.78, 5) is 15.3. The molecule has 0 radical (unpaired) electrons. The number of aromatic nitrogens is 4. The van der Waals surface area contributed by atoms with E-state index in [0.29, 0.717) is 5.92 Å². The van der Waals surface area contributed by atoms with Gasteiger partial charge in [-0.05, 0) is 29.7 Å². The fourth-order valence-corrected chi connectivity index (χ4v) is 2.87. The molecule has 0 spiro atoms. The Morgan fingerprint density at radius 3 is 2.52 bits per heavy atom. The lowest BCUT2D eigenvalue weighted by molar-refractivity contribution is -0.114. The topological polar surface area (TPSA) is 72.7 Å². The van der Waals surface area contributed by atoms with E-state index >= 15 is 0 Å². The van der Waals surface area contributed by atoms with E-state index in [9.17, 15) is 4.79 Å². The zero-order chi connectivity index (χ0) is 17.8. The molecule has 0 aliphatic heterocycles. The van der Waals surface area contributed by atoms with Crippen LogP contribution in [0.2, 0.25) is 0 Å². The number of nitrogens with zero attached hydrogens (tertiary/aromatic N) is 4. The summed E-state index contributed by atoms with van der Waals surface area (Å²) in [5.74, 6) is 0.260. The molecule has 0 bridgehead atoms. The van der Waals surface area contributed by atoms with E-state index in [2.05, 4.69) is 40.5 Å². The van der Waals surface area contributed by atoms with Gasteiger partial charge in [0, 0.05) is 30.6 Å². The van der Waals surface area contributed by atoms with Gasteiger partial charge >= 0.3 is 0 Å². The van der Waals surface area contributed by atoms with Crippen LogP contribution in [0.5, 0.6) is 0 Å². The van der Waals surface area contributed by atoms with E-state index in [0.717, 1.165) is 22.5 Å². The van der Waals surface area contributed by atoms with Crippen molar-refractivity contribution < 1.29 is 4.79 Å². The number of hydrogen-bond acceptors (Lipinski definition) is 4. The molecule has 0 aliphatic rings. The molecule has 1 aromatic carbocycles. The quantitative estimate of drug-likeness (QED) is 0.774. The number of nitrogens with one attached hydrogen (secondary N) is 1. The van der Waals surface area contributed by atoms with Gasteiger partial charge < -0.3 is 5.32 Å². The van der Waals surface area contributed by atoms with Crippen molar-refractivity contribution in [3.05, 3.63) is 60.6 Å². The summed E-state index contributed by atoms with van der Waals surface area (Å²) < 4.78 is 1.89. The lowest BCUT2D eigenvalue weighted by Crippen LogP contribution is -2.17. The molecule has 0 aliphatic carbocycles. The molecule has 25 heavy (non-hydrogen) atoms. The predicted molar refractivity (Wildman–Crippen MR) is 97.0 cm³/mol. The van der Waals surface area contributed by atoms with Crippen LogP contribution in [0.25, 0.3) is 11.3 Å². The SMILES string of the molecule is CC(=O)Nc1ccc(-c2cn(C(c3cccnc3)C(C)C)nn2)cc1. The molecule has 2 heterocycles. The van der Waals surface area contributed by atoms with Crippen LogP contribution >= 0.6 is 0 Å². The summed E-state index contributed by atoms with van der Waals surface area (Å²) in [5, 5.41) is 11.4. The minimum absolute atomic E-state index is 0.0774. The third kappa shape index (κ3) is 3.91. The van der Waals surface area contributed by atoms with Gasteiger partial charge in [0.05, 0.1) is 12.2 Å². The molecule has 1 N–H and O–H groups in total. The normalized spacial score (nSPS) is 12.2. The third-order valence-electron chi connectivity index (χ3n) is 3.95. The maximum Gasteiger partial charge on any atom is 0.221 e. The first-order valence-corrected chi connectivity index (χ1v) is 8.24. The van der Waals surface area contributed by atoms with Gasteiger partial charge in [-0.2, -0.15) is 0 Å². The number of pyridine rings is 1. The molecule has 1 unspecified atom stereocenters. The number of benzene rings is 1. The predicted octanol–water partition coefficient (Wildman–Crippen LogP) is 3.54. The Hall–Kier alpha value is -3.02. The summed E-state index contributed by atoms with van der Waals surface area (Å²) >= 11 is 0. The van der Waals surface area contributed by atoms with Gasteiger partial charge in [0.1, 0.15) is 5.69 Å². The van der Waals surface area contributed by atoms with Crippen LogP contribution in [-0.2, 0) is 4.79 Å². The fraction of sp³-hybridized carbons (Fsp3) is 0.263. The van der Waals surface area contributed by atoms with Crippen LogP contribution in [0.1, 0.15) is 32.4 Å². The molecular formula is C19H21N5O. The highest BCUT2D eigenvalue weighted by Crippen LogP contribution is 2.27. The number of amides is 1. The zero-order valence-electron chi connectivity index (χ0n) is 14.5. The lowest BCUT2D eigenvalue weighted by Gasteiger charge is -2.20. The average Bonchev–Trinajstić information content (AvgIpc) is 3.05. The van der Waals surface area contributed by atoms with Crippen molar-refractivity contribution in [2.24, 2.45) is 5.92 Å². The molecule has 6 heteroatoms. The second kappa shape index (κ2) is 7.25. The summed E-state index contributed by atoms with van der Waals surface area (Å²) in [6.07, 6.45) is 5.59. The first kappa shape index (κ1) is 16.8. The van der Waals surface area contributed by atoms with E-state index in [1.165, 1.54) is 6.92 Å². The highest BCUT2D eigenvalue weighted by Gasteiger charge is 2.20. The van der Waals surface area contributed by atoms with Crippen molar-refractivity contribution in [1.29, 1.82) is 0 Å². The van der Waals surface area contributed by atoms with Gasteiger partial charge in [0.2, 0.25) is 5.91 Å². The standard InChI is InChI=1S/C19H21N5O/c1-13(2)19(16-5-4-10-20-11-16)24-12-18(22-23-24)15-6-8-17(9-7-15)21-14(3)25/h4-13,19H,1-3H3,(H,21,25). The van der Waals surface area contributed by atoms with E-state index in [1.807, 2.05) is 47.4 Å². The summed E-state index contributed by atoms with van der Waals surface area (Å²) in [6.45, 7) is 5.80. The zero-order valence-corrected chi connectivity index (χ0v) is 14.5. The maximum absolute atomic E-state index is 11.1. The van der Waals surface area contributed by atoms with Crippen molar-refractivity contribution in [3.63, 3.8) is 0 Å². The van der Waals surface area contributed by atoms with Crippen molar-refractivity contribution in [1.82, 2.24) is 20.0 Å². The smallest absolute Gasteiger partial charge is 0.221 e. The van der Waals surface area contributed by atoms with Crippen LogP contribution in [-0.4, -0.2) is 25.9 Å². The van der Waals surface area contributed by atoms with Crippen LogP contribution < -0.4 is 5.32 Å². The Kier molecular flexibility index (Phi) is 4.88. The average molecular weight is 335 g/mol. The Morgan fingerprint density at radius 1 is 1.16 bits per heavy atom. The first-order chi connectivity index (χ1) is 12.0. The van der Waals surface area contributed by atoms with Crippen molar-refractivity contribution in [2.75, 3.05) is 5.32 Å². The van der Waals surface area contributed by atoms with E-state index < -0.39 is 0 Å². The maximum atomic E-state index is 11.1. The van der Waals surface area contributed by atoms with Crippen molar-refractivity contribution in [2.45, 2.75) is 26.8 Å². The molecule has 3 rings (SSSR count). The number of hydrogen-bond donors (Lipinski definition) is 1. The molecule has 0 fully saturated rings. The number of carbonyl (C=O) groups excluding carboxylic acids is 1. The molecule has 128 valence electrons. The second-order valence-corrected chi connectivity index (χ2v) is 6.32. The van der Waals surface area contributed by atoms with Gasteiger partial charge in [0.15, 0.2) is 0 Å². The van der Waals surface area contributed by atoms with Gasteiger partial charge in [-0.25, -0.2) is 4.68 Å². The van der Waals surface area contributed by atoms with E-state index in [1.54, 1.807) is 6.20 Å². The third-order valence-corrected chi connectivity index (χ3v) is 3.95. The largest absolute Gasteiger partial charge is 0.326 e. The Balaban J connectivity index is 1.87. The molecule has 3 aromatic rings. The highest BCUT2D eigenvalue weighted by molar-refractivity contribution is 5.88. The van der Waals surface area contributed by atoms with E-state index in [-0.39, 0.29) is 11.9 Å².